The van der Waals surface area contributed by atoms with Crippen LogP contribution in [0.3, 0.4) is 0 Å². The van der Waals surface area contributed by atoms with Crippen molar-refractivity contribution in [3.63, 3.8) is 0 Å². The number of ether oxygens (including phenoxy) is 5. The average molecular weight is 504 g/mol. The Morgan fingerprint density at radius 3 is 1.44 bits per heavy atom. The Balaban J connectivity index is 1.76. The first kappa shape index (κ1) is 27.9. The molecule has 0 radical (unpaired) electrons. The van der Waals surface area contributed by atoms with Gasteiger partial charge in [0.05, 0.1) is 19.8 Å². The lowest BCUT2D eigenvalue weighted by Crippen LogP contribution is -2.66. The van der Waals surface area contributed by atoms with Gasteiger partial charge in [0.1, 0.15) is 73.2 Å². The van der Waals surface area contributed by atoms with Gasteiger partial charge >= 0.3 is 0 Å². The molecule has 3 fully saturated rings. The smallest absolute Gasteiger partial charge is 0.187 e. The van der Waals surface area contributed by atoms with Gasteiger partial charge in [-0.1, -0.05) is 0 Å². The molecule has 3 aliphatic rings. The first-order valence-electron chi connectivity index (χ1n) is 10.6. The SMILES string of the molecule is OC[C@H]1O[C@H](OC2[C@H](O)[C@@H](O[C@H]3[C@@H](O)[C@H](O)[C@@H](CO)O[C@@H]3O)O[C@H](CO)[C@H]2O)[C@@H](O)[C@@H](O)[C@@H]1O. The zero-order valence-electron chi connectivity index (χ0n) is 17.7. The van der Waals surface area contributed by atoms with E-state index in [-0.39, 0.29) is 0 Å². The van der Waals surface area contributed by atoms with E-state index < -0.39 is 112 Å². The van der Waals surface area contributed by atoms with Crippen LogP contribution in [0, 0.1) is 0 Å². The zero-order chi connectivity index (χ0) is 25.3. The van der Waals surface area contributed by atoms with Gasteiger partial charge in [-0.15, -0.1) is 0 Å². The molecule has 0 aromatic carbocycles. The first-order valence-corrected chi connectivity index (χ1v) is 10.6. The molecule has 0 saturated carbocycles. The van der Waals surface area contributed by atoms with Crippen LogP contribution in [-0.4, -0.2) is 168 Å². The molecule has 3 aliphatic heterocycles. The van der Waals surface area contributed by atoms with Gasteiger partial charge in [-0.2, -0.15) is 0 Å². The topological polar surface area (TPSA) is 269 Å². The fraction of sp³-hybridized carbons (Fsp3) is 1.00. The van der Waals surface area contributed by atoms with E-state index in [0.717, 1.165) is 0 Å². The summed E-state index contributed by atoms with van der Waals surface area (Å²) in [6.45, 7) is -2.30. The van der Waals surface area contributed by atoms with Gasteiger partial charge in [-0.25, -0.2) is 0 Å². The minimum absolute atomic E-state index is 0.724. The lowest BCUT2D eigenvalue weighted by atomic mass is 9.96. The Morgan fingerprint density at radius 2 is 0.882 bits per heavy atom. The Kier molecular flexibility index (Phi) is 9.54. The molecule has 0 amide bonds. The summed E-state index contributed by atoms with van der Waals surface area (Å²) in [6, 6.07) is 0. The van der Waals surface area contributed by atoms with E-state index in [1.54, 1.807) is 0 Å². The Morgan fingerprint density at radius 1 is 0.441 bits per heavy atom. The summed E-state index contributed by atoms with van der Waals surface area (Å²) in [5, 5.41) is 110. The lowest BCUT2D eigenvalue weighted by Gasteiger charge is -2.47. The van der Waals surface area contributed by atoms with Crippen molar-refractivity contribution < 1.29 is 79.9 Å². The summed E-state index contributed by atoms with van der Waals surface area (Å²) < 4.78 is 26.2. The molecule has 1 unspecified atom stereocenters. The Labute approximate surface area is 192 Å². The molecule has 16 nitrogen and oxygen atoms in total. The predicted molar refractivity (Wildman–Crippen MR) is 101 cm³/mol. The number of aliphatic hydroxyl groups excluding tert-OH is 11. The van der Waals surface area contributed by atoms with E-state index in [4.69, 9.17) is 28.8 Å². The third kappa shape index (κ3) is 5.37. The molecule has 11 N–H and O–H groups in total. The van der Waals surface area contributed by atoms with Crippen LogP contribution in [0.4, 0.5) is 0 Å². The standard InChI is InChI=1S/C18H32O16/c19-1-4-8(23)11(26)15(16(29)30-4)34-18-13(28)14(9(24)6(3-21)32-18)33-17-12(27)10(25)7(22)5(2-20)31-17/h4-29H,1-3H2/t4-,5-,6-,7-,8-,9-,10+,11+,12+,13+,14?,15+,16+,17-,18-/m1/s1. The summed E-state index contributed by atoms with van der Waals surface area (Å²) >= 11 is 0. The van der Waals surface area contributed by atoms with E-state index in [0.29, 0.717) is 0 Å². The molecule has 3 heterocycles. The highest BCUT2D eigenvalue weighted by Gasteiger charge is 2.53. The highest BCUT2D eigenvalue weighted by atomic mass is 16.8. The molecule has 200 valence electrons. The molecular formula is C18H32O16. The summed E-state index contributed by atoms with van der Waals surface area (Å²) in [5.41, 5.74) is 0. The quantitative estimate of drug-likeness (QED) is 0.154. The molecule has 0 bridgehead atoms. The van der Waals surface area contributed by atoms with E-state index >= 15 is 0 Å². The molecule has 34 heavy (non-hydrogen) atoms. The van der Waals surface area contributed by atoms with Crippen molar-refractivity contribution in [1.29, 1.82) is 0 Å². The number of hydrogen-bond acceptors (Lipinski definition) is 16. The van der Waals surface area contributed by atoms with Gasteiger partial charge in [-0.3, -0.25) is 0 Å². The van der Waals surface area contributed by atoms with Crippen LogP contribution in [-0.2, 0) is 23.7 Å². The van der Waals surface area contributed by atoms with Gasteiger partial charge in [0.2, 0.25) is 0 Å². The molecule has 0 aliphatic carbocycles. The Hall–Kier alpha value is -0.640. The summed E-state index contributed by atoms with van der Waals surface area (Å²) in [7, 11) is 0. The highest BCUT2D eigenvalue weighted by Crippen LogP contribution is 2.32. The van der Waals surface area contributed by atoms with E-state index in [2.05, 4.69) is 0 Å². The molecular weight excluding hydrogens is 472 g/mol. The molecule has 3 saturated heterocycles. The van der Waals surface area contributed by atoms with Crippen LogP contribution in [0.25, 0.3) is 0 Å². The molecule has 3 rings (SSSR count). The maximum absolute atomic E-state index is 10.7. The van der Waals surface area contributed by atoms with Gasteiger partial charge in [0.15, 0.2) is 18.9 Å². The zero-order valence-corrected chi connectivity index (χ0v) is 17.7. The van der Waals surface area contributed by atoms with Gasteiger partial charge in [0, 0.05) is 0 Å². The van der Waals surface area contributed by atoms with E-state index in [9.17, 15) is 51.1 Å². The first-order chi connectivity index (χ1) is 16.0. The number of aliphatic hydroxyl groups is 11. The van der Waals surface area contributed by atoms with Crippen LogP contribution in [0.15, 0.2) is 0 Å². The minimum Gasteiger partial charge on any atom is -0.394 e. The third-order valence-electron chi connectivity index (χ3n) is 6.10. The van der Waals surface area contributed by atoms with Crippen molar-refractivity contribution in [2.24, 2.45) is 0 Å². The summed E-state index contributed by atoms with van der Waals surface area (Å²) in [6.07, 6.45) is -25.5. The predicted octanol–water partition coefficient (Wildman–Crippen LogP) is -7.57. The maximum atomic E-state index is 10.7. The fourth-order valence-corrected chi connectivity index (χ4v) is 4.03. The molecule has 15 atom stereocenters. The summed E-state index contributed by atoms with van der Waals surface area (Å²) in [4.78, 5) is 0. The fourth-order valence-electron chi connectivity index (χ4n) is 4.03. The second-order valence-electron chi connectivity index (χ2n) is 8.33. The van der Waals surface area contributed by atoms with Gasteiger partial charge in [-0.05, 0) is 0 Å². The minimum atomic E-state index is -1.92. The molecule has 0 aromatic rings. The van der Waals surface area contributed by atoms with Gasteiger partial charge in [0.25, 0.3) is 0 Å². The Bertz CT molecular complexity index is 639. The lowest BCUT2D eigenvalue weighted by molar-refractivity contribution is -0.382. The average Bonchev–Trinajstić information content (AvgIpc) is 2.82. The van der Waals surface area contributed by atoms with Crippen molar-refractivity contribution >= 4 is 0 Å². The largest absolute Gasteiger partial charge is 0.394 e. The second-order valence-corrected chi connectivity index (χ2v) is 8.33. The van der Waals surface area contributed by atoms with E-state index in [1.807, 2.05) is 0 Å². The van der Waals surface area contributed by atoms with Crippen LogP contribution in [0.2, 0.25) is 0 Å². The van der Waals surface area contributed by atoms with Gasteiger partial charge < -0.3 is 79.9 Å². The summed E-state index contributed by atoms with van der Waals surface area (Å²) in [5.74, 6) is 0. The van der Waals surface area contributed by atoms with Crippen LogP contribution >= 0.6 is 0 Å². The molecule has 0 aromatic heterocycles. The number of rotatable bonds is 7. The van der Waals surface area contributed by atoms with Crippen LogP contribution in [0.1, 0.15) is 0 Å². The number of hydrogen-bond donors (Lipinski definition) is 11. The maximum Gasteiger partial charge on any atom is 0.187 e. The highest BCUT2D eigenvalue weighted by molar-refractivity contribution is 4.96. The second kappa shape index (κ2) is 11.6. The van der Waals surface area contributed by atoms with Crippen molar-refractivity contribution in [3.05, 3.63) is 0 Å². The van der Waals surface area contributed by atoms with Crippen molar-refractivity contribution in [1.82, 2.24) is 0 Å². The monoisotopic (exact) mass is 504 g/mol. The third-order valence-corrected chi connectivity index (χ3v) is 6.10. The van der Waals surface area contributed by atoms with Crippen molar-refractivity contribution in [3.8, 4) is 0 Å². The van der Waals surface area contributed by atoms with Crippen LogP contribution in [0.5, 0.6) is 0 Å². The van der Waals surface area contributed by atoms with E-state index in [1.165, 1.54) is 0 Å². The normalized spacial score (nSPS) is 52.5. The molecule has 0 spiro atoms. The van der Waals surface area contributed by atoms with Crippen molar-refractivity contribution in [2.45, 2.75) is 92.1 Å². The van der Waals surface area contributed by atoms with Crippen LogP contribution < -0.4 is 0 Å². The van der Waals surface area contributed by atoms with Crippen molar-refractivity contribution in [2.75, 3.05) is 19.8 Å². The molecule has 16 heteroatoms.